The van der Waals surface area contributed by atoms with Crippen molar-refractivity contribution in [3.05, 3.63) is 69.1 Å². The van der Waals surface area contributed by atoms with Crippen molar-refractivity contribution in [3.8, 4) is 0 Å². The summed E-state index contributed by atoms with van der Waals surface area (Å²) in [5, 5.41) is 0.625. The molecule has 0 bridgehead atoms. The number of H-pyrrole nitrogens is 1. The molecular weight excluding hydrogens is 398 g/mol. The number of hydrogen-bond donors (Lipinski definition) is 1. The van der Waals surface area contributed by atoms with Gasteiger partial charge in [-0.1, -0.05) is 48.4 Å². The standard InChI is InChI=1S/C24H28ClN3O2/c1-16-3-5-18(6-4-16)23(29)13-17(2)15-27-11-9-20(10-12-27)28-22-8-7-19(25)14-21(22)26-24(28)30/h3-8,14,17,20H,9-13,15H2,1-2H3,(H,26,30)/t17-/m1/s1. The van der Waals surface area contributed by atoms with E-state index in [1.54, 1.807) is 6.07 Å². The maximum absolute atomic E-state index is 12.5. The van der Waals surface area contributed by atoms with Crippen LogP contribution in [-0.2, 0) is 0 Å². The lowest BCUT2D eigenvalue weighted by Gasteiger charge is -2.34. The fraction of sp³-hybridized carbons (Fsp3) is 0.417. The lowest BCUT2D eigenvalue weighted by molar-refractivity contribution is 0.0941. The summed E-state index contributed by atoms with van der Waals surface area (Å²) in [6, 6.07) is 13.6. The van der Waals surface area contributed by atoms with Crippen molar-refractivity contribution < 1.29 is 4.79 Å². The Kier molecular flexibility index (Phi) is 6.11. The van der Waals surface area contributed by atoms with E-state index in [0.29, 0.717) is 17.4 Å². The van der Waals surface area contributed by atoms with Crippen LogP contribution in [0.25, 0.3) is 11.0 Å². The Morgan fingerprint density at radius 1 is 1.17 bits per heavy atom. The van der Waals surface area contributed by atoms with Crippen LogP contribution in [0.5, 0.6) is 0 Å². The highest BCUT2D eigenvalue weighted by molar-refractivity contribution is 6.31. The number of carbonyl (C=O) groups is 1. The van der Waals surface area contributed by atoms with Gasteiger partial charge < -0.3 is 9.88 Å². The quantitative estimate of drug-likeness (QED) is 0.575. The number of rotatable bonds is 6. The van der Waals surface area contributed by atoms with E-state index in [0.717, 1.165) is 49.1 Å². The first-order valence-electron chi connectivity index (χ1n) is 10.6. The Morgan fingerprint density at radius 3 is 2.57 bits per heavy atom. The van der Waals surface area contributed by atoms with Gasteiger partial charge in [-0.3, -0.25) is 9.36 Å². The molecule has 2 heterocycles. The fourth-order valence-electron chi connectivity index (χ4n) is 4.51. The van der Waals surface area contributed by atoms with Gasteiger partial charge >= 0.3 is 5.69 Å². The van der Waals surface area contributed by atoms with Crippen LogP contribution < -0.4 is 5.69 Å². The van der Waals surface area contributed by atoms with E-state index in [2.05, 4.69) is 16.8 Å². The van der Waals surface area contributed by atoms with Crippen LogP contribution in [-0.4, -0.2) is 39.9 Å². The third-order valence-electron chi connectivity index (χ3n) is 6.08. The first-order chi connectivity index (χ1) is 14.4. The number of aromatic nitrogens is 2. The number of aromatic amines is 1. The number of ketones is 1. The molecule has 1 aliphatic rings. The second-order valence-electron chi connectivity index (χ2n) is 8.59. The van der Waals surface area contributed by atoms with Gasteiger partial charge in [0, 0.05) is 42.7 Å². The monoisotopic (exact) mass is 425 g/mol. The molecule has 0 amide bonds. The second-order valence-corrected chi connectivity index (χ2v) is 9.03. The highest BCUT2D eigenvalue weighted by Gasteiger charge is 2.25. The Bertz CT molecular complexity index is 1090. The normalized spacial score (nSPS) is 16.8. The van der Waals surface area contributed by atoms with E-state index >= 15 is 0 Å². The molecule has 6 heteroatoms. The minimum Gasteiger partial charge on any atom is -0.305 e. The molecule has 5 nitrogen and oxygen atoms in total. The first kappa shape index (κ1) is 20.9. The van der Waals surface area contributed by atoms with Crippen LogP contribution in [0.15, 0.2) is 47.3 Å². The lowest BCUT2D eigenvalue weighted by Crippen LogP contribution is -2.39. The number of aryl methyl sites for hydroxylation is 1. The van der Waals surface area contributed by atoms with Crippen LogP contribution in [0.3, 0.4) is 0 Å². The smallest absolute Gasteiger partial charge is 0.305 e. The van der Waals surface area contributed by atoms with Gasteiger partial charge in [0.2, 0.25) is 0 Å². The summed E-state index contributed by atoms with van der Waals surface area (Å²) in [5.41, 5.74) is 3.60. The third kappa shape index (κ3) is 4.52. The van der Waals surface area contributed by atoms with Crippen molar-refractivity contribution in [1.82, 2.24) is 14.5 Å². The number of likely N-dealkylation sites (tertiary alicyclic amines) is 1. The molecule has 0 radical (unpaired) electrons. The Hall–Kier alpha value is -2.37. The van der Waals surface area contributed by atoms with Gasteiger partial charge in [0.05, 0.1) is 11.0 Å². The minimum atomic E-state index is -0.0669. The third-order valence-corrected chi connectivity index (χ3v) is 6.31. The highest BCUT2D eigenvalue weighted by Crippen LogP contribution is 2.27. The van der Waals surface area contributed by atoms with Gasteiger partial charge in [-0.2, -0.15) is 0 Å². The zero-order valence-corrected chi connectivity index (χ0v) is 18.3. The predicted octanol–water partition coefficient (Wildman–Crippen LogP) is 4.84. The van der Waals surface area contributed by atoms with E-state index < -0.39 is 0 Å². The molecule has 0 aliphatic carbocycles. The fourth-order valence-corrected chi connectivity index (χ4v) is 4.68. The van der Waals surface area contributed by atoms with Crippen LogP contribution in [0.1, 0.15) is 48.1 Å². The number of nitrogens with zero attached hydrogens (tertiary/aromatic N) is 2. The number of hydrogen-bond acceptors (Lipinski definition) is 3. The van der Waals surface area contributed by atoms with Gasteiger partial charge in [-0.15, -0.1) is 0 Å². The number of halogens is 1. The maximum atomic E-state index is 12.5. The Morgan fingerprint density at radius 2 is 1.87 bits per heavy atom. The lowest BCUT2D eigenvalue weighted by atomic mass is 9.97. The molecule has 30 heavy (non-hydrogen) atoms. The second kappa shape index (κ2) is 8.78. The molecule has 2 aromatic carbocycles. The average Bonchev–Trinajstić information content (AvgIpc) is 3.03. The molecule has 3 aromatic rings. The van der Waals surface area contributed by atoms with Crippen LogP contribution in [0, 0.1) is 12.8 Å². The van der Waals surface area contributed by atoms with Crippen molar-refractivity contribution in [2.75, 3.05) is 19.6 Å². The number of piperidine rings is 1. The largest absolute Gasteiger partial charge is 0.326 e. The summed E-state index contributed by atoms with van der Waals surface area (Å²) in [7, 11) is 0. The average molecular weight is 426 g/mol. The molecule has 1 atom stereocenters. The number of imidazole rings is 1. The molecule has 1 aliphatic heterocycles. The first-order valence-corrected chi connectivity index (χ1v) is 11.0. The Balaban J connectivity index is 1.34. The van der Waals surface area contributed by atoms with Gasteiger partial charge in [-0.05, 0) is 43.9 Å². The van der Waals surface area contributed by atoms with E-state index in [1.165, 1.54) is 5.56 Å². The molecule has 0 spiro atoms. The SMILES string of the molecule is Cc1ccc(C(=O)C[C@@H](C)CN2CCC(n3c(=O)[nH]c4cc(Cl)ccc43)CC2)cc1. The van der Waals surface area contributed by atoms with Crippen molar-refractivity contribution in [2.45, 2.75) is 39.2 Å². The van der Waals surface area contributed by atoms with Crippen LogP contribution >= 0.6 is 11.6 Å². The predicted molar refractivity (Wildman–Crippen MR) is 122 cm³/mol. The van der Waals surface area contributed by atoms with Crippen molar-refractivity contribution in [1.29, 1.82) is 0 Å². The molecule has 0 unspecified atom stereocenters. The van der Waals surface area contributed by atoms with Crippen molar-refractivity contribution >= 4 is 28.4 Å². The molecule has 1 fully saturated rings. The number of benzene rings is 2. The number of Topliss-reactive ketones (excluding diaryl/α,β-unsaturated/α-hetero) is 1. The van der Waals surface area contributed by atoms with Crippen molar-refractivity contribution in [2.24, 2.45) is 5.92 Å². The number of carbonyl (C=O) groups excluding carboxylic acids is 1. The van der Waals surface area contributed by atoms with Crippen molar-refractivity contribution in [3.63, 3.8) is 0 Å². The molecule has 1 aromatic heterocycles. The van der Waals surface area contributed by atoms with E-state index in [4.69, 9.17) is 11.6 Å². The van der Waals surface area contributed by atoms with E-state index in [9.17, 15) is 9.59 Å². The van der Waals surface area contributed by atoms with E-state index in [-0.39, 0.29) is 17.5 Å². The zero-order valence-electron chi connectivity index (χ0n) is 17.5. The molecular formula is C24H28ClN3O2. The summed E-state index contributed by atoms with van der Waals surface area (Å²) >= 11 is 6.05. The minimum absolute atomic E-state index is 0.0669. The zero-order chi connectivity index (χ0) is 21.3. The number of fused-ring (bicyclic) bond motifs is 1. The summed E-state index contributed by atoms with van der Waals surface area (Å²) < 4.78 is 1.88. The maximum Gasteiger partial charge on any atom is 0.326 e. The summed E-state index contributed by atoms with van der Waals surface area (Å²) in [5.74, 6) is 0.509. The molecule has 0 saturated carbocycles. The van der Waals surface area contributed by atoms with Gasteiger partial charge in [0.1, 0.15) is 0 Å². The Labute approximate surface area is 181 Å². The topological polar surface area (TPSA) is 58.1 Å². The van der Waals surface area contributed by atoms with E-state index in [1.807, 2.05) is 47.9 Å². The molecule has 1 N–H and O–H groups in total. The van der Waals surface area contributed by atoms with Gasteiger partial charge in [-0.25, -0.2) is 4.79 Å². The highest BCUT2D eigenvalue weighted by atomic mass is 35.5. The molecule has 4 rings (SSSR count). The van der Waals surface area contributed by atoms with Crippen LogP contribution in [0.4, 0.5) is 0 Å². The summed E-state index contributed by atoms with van der Waals surface area (Å²) in [6.45, 7) is 6.94. The van der Waals surface area contributed by atoms with Crippen LogP contribution in [0.2, 0.25) is 5.02 Å². The number of nitrogens with one attached hydrogen (secondary N) is 1. The molecule has 1 saturated heterocycles. The summed E-state index contributed by atoms with van der Waals surface area (Å²) in [6.07, 6.45) is 2.41. The van der Waals surface area contributed by atoms with Gasteiger partial charge in [0.15, 0.2) is 5.78 Å². The van der Waals surface area contributed by atoms with Gasteiger partial charge in [0.25, 0.3) is 0 Å². The molecule has 158 valence electrons. The summed E-state index contributed by atoms with van der Waals surface area (Å²) in [4.78, 5) is 30.4.